The topological polar surface area (TPSA) is 555 Å². The lowest BCUT2D eigenvalue weighted by Crippen LogP contribution is -2.64. The van der Waals surface area contributed by atoms with Gasteiger partial charge in [-0.15, -0.1) is 5.06 Å². The van der Waals surface area contributed by atoms with E-state index in [1.165, 1.54) is 13.8 Å². The van der Waals surface area contributed by atoms with Crippen molar-refractivity contribution in [2.45, 2.75) is 183 Å². The normalized spacial score (nSPS) is 21.3. The Morgan fingerprint density at radius 3 is 1.11 bits per heavy atom. The van der Waals surface area contributed by atoms with E-state index in [1.54, 1.807) is 0 Å². The zero-order valence-electron chi connectivity index (χ0n) is 61.0. The number of nitrogens with two attached hydrogens (primary N) is 1. The molecule has 106 heavy (non-hydrogen) atoms. The van der Waals surface area contributed by atoms with E-state index >= 15 is 0 Å². The Bertz CT molecular complexity index is 2450. The molecule has 610 valence electrons. The summed E-state index contributed by atoms with van der Waals surface area (Å²) in [6.07, 6.45) is -7.67. The van der Waals surface area contributed by atoms with E-state index in [0.717, 1.165) is 0 Å². The van der Waals surface area contributed by atoms with E-state index in [1.807, 2.05) is 0 Å². The number of amides is 10. The summed E-state index contributed by atoms with van der Waals surface area (Å²) in [4.78, 5) is 141. The van der Waals surface area contributed by atoms with Gasteiger partial charge < -0.3 is 141 Å². The standard InChI is InChI=1S/C66H116N10O30/c1-45(79)73-58-62(92)60(90)47(40-77)104-64(58)102-25-5-3-10-49(81)69-21-8-23-71-52(84)15-29-100-43-66(42-99-28-14-51(83)68-20-7-19-67,75-54(86)17-27-94-32-34-96-36-38-98-39-37-97-35-33-95-31-18-57(89)106-76-55(87)12-13-56(76)88)44-101-30-16-53(85)72-24-9-22-70-50(82)11-4-6-26-103-65-59(74-46(2)80)63(93)61(91)48(41-78)105-65/h47-48,58-65,77-78,90-93H,3-44,67H2,1-2H3,(H,68,83)(H,69,81)(H,70,82)(H,71,84)(H,72,85)(H,73,79)(H,74,80)(H,75,86). The monoisotopic (exact) mass is 1530 g/mol. The Hall–Kier alpha value is -6.39. The van der Waals surface area contributed by atoms with Crippen molar-refractivity contribution in [3.05, 3.63) is 0 Å². The van der Waals surface area contributed by atoms with Gasteiger partial charge in [-0.1, -0.05) is 0 Å². The second-order valence-electron chi connectivity index (χ2n) is 25.0. The molecule has 3 saturated heterocycles. The van der Waals surface area contributed by atoms with Gasteiger partial charge >= 0.3 is 5.97 Å². The van der Waals surface area contributed by atoms with Gasteiger partial charge in [-0.05, 0) is 51.5 Å². The number of unbranched alkanes of at least 4 members (excludes halogenated alkanes) is 2. The van der Waals surface area contributed by atoms with Crippen LogP contribution in [0, 0.1) is 0 Å². The predicted molar refractivity (Wildman–Crippen MR) is 366 cm³/mol. The molecule has 10 amide bonds. The molecule has 10 atom stereocenters. The van der Waals surface area contributed by atoms with E-state index in [4.69, 9.17) is 67.4 Å². The molecule has 40 heteroatoms. The van der Waals surface area contributed by atoms with Crippen LogP contribution < -0.4 is 48.3 Å². The molecule has 10 unspecified atom stereocenters. The molecule has 3 fully saturated rings. The molecule has 0 aliphatic carbocycles. The van der Waals surface area contributed by atoms with Crippen molar-refractivity contribution in [3.63, 3.8) is 0 Å². The maximum Gasteiger partial charge on any atom is 0.335 e. The fourth-order valence-corrected chi connectivity index (χ4v) is 10.3. The maximum atomic E-state index is 13.7. The van der Waals surface area contributed by atoms with Crippen LogP contribution in [-0.4, -0.2) is 339 Å². The lowest BCUT2D eigenvalue weighted by atomic mass is 9.97. The number of aliphatic hydroxyl groups excluding tert-OH is 6. The number of hydrogen-bond acceptors (Lipinski definition) is 31. The third-order valence-electron chi connectivity index (χ3n) is 15.9. The fraction of sp³-hybridized carbons (Fsp3) is 0.833. The summed E-state index contributed by atoms with van der Waals surface area (Å²) in [5, 5.41) is 82.7. The number of nitrogens with one attached hydrogen (secondary N) is 8. The van der Waals surface area contributed by atoms with Crippen LogP contribution in [-0.2, 0) is 114 Å². The number of aliphatic hydroxyl groups is 6. The molecule has 3 aliphatic heterocycles. The summed E-state index contributed by atoms with van der Waals surface area (Å²) in [7, 11) is 0. The van der Waals surface area contributed by atoms with E-state index in [0.29, 0.717) is 63.1 Å². The van der Waals surface area contributed by atoms with Gasteiger partial charge in [0.25, 0.3) is 11.8 Å². The van der Waals surface area contributed by atoms with E-state index < -0.39 is 116 Å². The largest absolute Gasteiger partial charge is 0.394 e. The zero-order valence-corrected chi connectivity index (χ0v) is 61.0. The van der Waals surface area contributed by atoms with Crippen LogP contribution in [0.2, 0.25) is 0 Å². The smallest absolute Gasteiger partial charge is 0.335 e. The van der Waals surface area contributed by atoms with Gasteiger partial charge in [-0.2, -0.15) is 0 Å². The third-order valence-corrected chi connectivity index (χ3v) is 15.9. The molecule has 0 saturated carbocycles. The van der Waals surface area contributed by atoms with Crippen molar-refractivity contribution in [2.75, 3.05) is 171 Å². The Labute approximate surface area is 616 Å². The van der Waals surface area contributed by atoms with E-state index in [-0.39, 0.29) is 232 Å². The summed E-state index contributed by atoms with van der Waals surface area (Å²) in [6, 6.07) is -2.18. The first-order chi connectivity index (χ1) is 51.0. The first kappa shape index (κ1) is 93.8. The second-order valence-corrected chi connectivity index (χ2v) is 25.0. The quantitative estimate of drug-likeness (QED) is 0.0199. The zero-order chi connectivity index (χ0) is 77.7. The number of hydrogen-bond donors (Lipinski definition) is 15. The molecule has 3 heterocycles. The summed E-state index contributed by atoms with van der Waals surface area (Å²) in [5.41, 5.74) is 4.13. The van der Waals surface area contributed by atoms with Gasteiger partial charge in [0.15, 0.2) is 12.6 Å². The maximum absolute atomic E-state index is 13.7. The van der Waals surface area contributed by atoms with Crippen molar-refractivity contribution < 1.29 is 145 Å². The van der Waals surface area contributed by atoms with Crippen LogP contribution in [0.5, 0.6) is 0 Å². The van der Waals surface area contributed by atoms with Gasteiger partial charge in [-0.3, -0.25) is 47.9 Å². The molecule has 0 aromatic rings. The molecular formula is C66H116N10O30. The second kappa shape index (κ2) is 56.8. The summed E-state index contributed by atoms with van der Waals surface area (Å²) in [5.74, 6) is -4.92. The Balaban J connectivity index is 1.46. The molecule has 3 aliphatic rings. The van der Waals surface area contributed by atoms with Crippen LogP contribution in [0.4, 0.5) is 0 Å². The molecule has 0 aromatic heterocycles. The first-order valence-electron chi connectivity index (χ1n) is 36.1. The predicted octanol–water partition coefficient (Wildman–Crippen LogP) is -6.50. The highest BCUT2D eigenvalue weighted by Gasteiger charge is 2.47. The lowest BCUT2D eigenvalue weighted by molar-refractivity contribution is -0.270. The van der Waals surface area contributed by atoms with Crippen LogP contribution in [0.15, 0.2) is 0 Å². The summed E-state index contributed by atoms with van der Waals surface area (Å²) >= 11 is 0. The SMILES string of the molecule is CC(=O)NC1C(OCCCCC(=O)NCCCNC(=O)CCOCC(COCCC(=O)NCCCN)(COCCC(=O)NCCCNC(=O)CCCCOC2OC(CO)C(O)C(O)C2NC(C)=O)NC(=O)CCOCCOCCOCCOCCOCCC(=O)ON2C(=O)CCC2=O)OC(CO)C(O)C1O. The molecule has 16 N–H and O–H groups in total. The number of nitrogens with zero attached hydrogens (tertiary/aromatic N) is 1. The average molecular weight is 1530 g/mol. The first-order valence-corrected chi connectivity index (χ1v) is 36.1. The molecule has 40 nitrogen and oxygen atoms in total. The highest BCUT2D eigenvalue weighted by atomic mass is 16.7. The molecule has 0 spiro atoms. The Kier molecular flexibility index (Phi) is 50.3. The molecule has 0 aromatic carbocycles. The molecular weight excluding hydrogens is 1410 g/mol. The van der Waals surface area contributed by atoms with Crippen molar-refractivity contribution in [3.8, 4) is 0 Å². The Morgan fingerprint density at radius 2 is 0.755 bits per heavy atom. The fourth-order valence-electron chi connectivity index (χ4n) is 10.3. The number of ether oxygens (including phenoxy) is 12. The van der Waals surface area contributed by atoms with Gasteiger partial charge in [0.2, 0.25) is 47.3 Å². The van der Waals surface area contributed by atoms with Crippen LogP contribution in [0.25, 0.3) is 0 Å². The van der Waals surface area contributed by atoms with Crippen LogP contribution in [0.3, 0.4) is 0 Å². The van der Waals surface area contributed by atoms with Crippen LogP contribution in [0.1, 0.15) is 117 Å². The minimum absolute atomic E-state index is 0.000677. The average Bonchev–Trinajstić information content (AvgIpc) is 1.04. The minimum Gasteiger partial charge on any atom is -0.394 e. The van der Waals surface area contributed by atoms with Crippen molar-refractivity contribution >= 4 is 65.0 Å². The van der Waals surface area contributed by atoms with Crippen molar-refractivity contribution in [2.24, 2.45) is 5.73 Å². The molecule has 0 bridgehead atoms. The lowest BCUT2D eigenvalue weighted by Gasteiger charge is -2.42. The molecule has 0 radical (unpaired) electrons. The minimum atomic E-state index is -1.46. The van der Waals surface area contributed by atoms with E-state index in [2.05, 4.69) is 42.5 Å². The van der Waals surface area contributed by atoms with Gasteiger partial charge in [0.1, 0.15) is 54.2 Å². The molecule has 3 rings (SSSR count). The number of imide groups is 1. The highest BCUT2D eigenvalue weighted by Crippen LogP contribution is 2.24. The Morgan fingerprint density at radius 1 is 0.425 bits per heavy atom. The number of hydroxylamine groups is 2. The van der Waals surface area contributed by atoms with Crippen LogP contribution >= 0.6 is 0 Å². The highest BCUT2D eigenvalue weighted by molar-refractivity contribution is 6.01. The number of carbonyl (C=O) groups is 11. The summed E-state index contributed by atoms with van der Waals surface area (Å²) in [6.45, 7) is 3.74. The van der Waals surface area contributed by atoms with Crippen molar-refractivity contribution in [1.29, 1.82) is 0 Å². The summed E-state index contributed by atoms with van der Waals surface area (Å²) < 4.78 is 68.0. The number of rotatable bonds is 62. The number of carbonyl (C=O) groups excluding carboxylic acids is 11. The van der Waals surface area contributed by atoms with Gasteiger partial charge in [-0.25, -0.2) is 4.79 Å². The van der Waals surface area contributed by atoms with E-state index in [9.17, 15) is 83.4 Å². The van der Waals surface area contributed by atoms with Gasteiger partial charge in [0, 0.05) is 111 Å². The van der Waals surface area contributed by atoms with Crippen molar-refractivity contribution in [1.82, 2.24) is 47.6 Å². The van der Waals surface area contributed by atoms with Gasteiger partial charge in [0.05, 0.1) is 125 Å². The third kappa shape index (κ3) is 41.3.